The lowest BCUT2D eigenvalue weighted by Gasteiger charge is -2.29. The number of benzene rings is 1. The lowest BCUT2D eigenvalue weighted by Crippen LogP contribution is -2.42. The first-order valence-corrected chi connectivity index (χ1v) is 9.17. The summed E-state index contributed by atoms with van der Waals surface area (Å²) in [6.07, 6.45) is 0.685. The molecule has 2 heterocycles. The highest BCUT2D eigenvalue weighted by atomic mass is 16.4. The number of rotatable bonds is 5. The molecule has 2 unspecified atom stereocenters. The molecule has 2 aliphatic rings. The predicted octanol–water partition coefficient (Wildman–Crippen LogP) is 1.99. The predicted molar refractivity (Wildman–Crippen MR) is 96.1 cm³/mol. The summed E-state index contributed by atoms with van der Waals surface area (Å²) in [5.74, 6) is -1.35. The van der Waals surface area contributed by atoms with Gasteiger partial charge in [0.15, 0.2) is 0 Å². The van der Waals surface area contributed by atoms with Crippen molar-refractivity contribution in [2.45, 2.75) is 33.2 Å². The maximum atomic E-state index is 12.9. The van der Waals surface area contributed by atoms with Gasteiger partial charge in [-0.05, 0) is 17.9 Å². The van der Waals surface area contributed by atoms with Crippen LogP contribution in [0, 0.1) is 17.3 Å². The van der Waals surface area contributed by atoms with E-state index in [1.165, 1.54) is 0 Å². The first-order chi connectivity index (χ1) is 12.3. The minimum Gasteiger partial charge on any atom is -0.481 e. The summed E-state index contributed by atoms with van der Waals surface area (Å²) < 4.78 is 0. The third-order valence-electron chi connectivity index (χ3n) is 5.92. The van der Waals surface area contributed by atoms with Crippen molar-refractivity contribution in [3.8, 4) is 0 Å². The molecule has 3 rings (SSSR count). The van der Waals surface area contributed by atoms with Crippen molar-refractivity contribution in [2.75, 3.05) is 19.6 Å². The Balaban J connectivity index is 1.64. The molecule has 2 amide bonds. The van der Waals surface area contributed by atoms with Crippen LogP contribution in [0.1, 0.15) is 32.3 Å². The van der Waals surface area contributed by atoms with Crippen LogP contribution in [0.2, 0.25) is 0 Å². The molecule has 26 heavy (non-hydrogen) atoms. The van der Waals surface area contributed by atoms with Crippen molar-refractivity contribution >= 4 is 17.8 Å². The summed E-state index contributed by atoms with van der Waals surface area (Å²) >= 11 is 0. The molecule has 0 saturated carbocycles. The van der Waals surface area contributed by atoms with Crippen molar-refractivity contribution in [1.82, 2.24) is 9.80 Å². The molecule has 1 N–H and O–H groups in total. The fraction of sp³-hybridized carbons (Fsp3) is 0.550. The number of carbonyl (C=O) groups excluding carboxylic acids is 2. The quantitative estimate of drug-likeness (QED) is 0.873. The van der Waals surface area contributed by atoms with Crippen LogP contribution in [-0.4, -0.2) is 52.3 Å². The normalized spacial score (nSPS) is 26.0. The van der Waals surface area contributed by atoms with Crippen LogP contribution in [0.25, 0.3) is 0 Å². The number of hydrogen-bond acceptors (Lipinski definition) is 3. The molecule has 0 spiro atoms. The molecular weight excluding hydrogens is 332 g/mol. The molecule has 1 aromatic rings. The molecule has 1 aromatic carbocycles. The van der Waals surface area contributed by atoms with Gasteiger partial charge in [0.2, 0.25) is 11.8 Å². The van der Waals surface area contributed by atoms with Crippen LogP contribution in [0.4, 0.5) is 0 Å². The monoisotopic (exact) mass is 358 g/mol. The third-order valence-corrected chi connectivity index (χ3v) is 5.92. The van der Waals surface area contributed by atoms with Gasteiger partial charge in [-0.15, -0.1) is 0 Å². The second kappa shape index (κ2) is 7.09. The molecule has 2 fully saturated rings. The topological polar surface area (TPSA) is 77.9 Å². The van der Waals surface area contributed by atoms with Crippen molar-refractivity contribution < 1.29 is 19.5 Å². The number of nitrogens with zero attached hydrogens (tertiary/aromatic N) is 2. The minimum absolute atomic E-state index is 0.0141. The average Bonchev–Trinajstić information content (AvgIpc) is 3.21. The van der Waals surface area contributed by atoms with E-state index in [-0.39, 0.29) is 36.6 Å². The number of hydrogen-bond donors (Lipinski definition) is 1. The van der Waals surface area contributed by atoms with Gasteiger partial charge in [0.25, 0.3) is 0 Å². The maximum absolute atomic E-state index is 12.9. The second-order valence-corrected chi connectivity index (χ2v) is 7.79. The van der Waals surface area contributed by atoms with E-state index in [0.29, 0.717) is 26.1 Å². The number of aliphatic carboxylic acids is 1. The SMILES string of the molecule is CC(C)C1(C(=O)O)CCN(C(=O)C2CC(=O)N(Cc3ccccc3)C2)C1. The number of likely N-dealkylation sites (tertiary alicyclic amines) is 2. The summed E-state index contributed by atoms with van der Waals surface area (Å²) in [6.45, 7) is 5.39. The first kappa shape index (κ1) is 18.4. The Morgan fingerprint density at radius 2 is 1.96 bits per heavy atom. The lowest BCUT2D eigenvalue weighted by atomic mass is 9.76. The van der Waals surface area contributed by atoms with E-state index in [0.717, 1.165) is 5.56 Å². The van der Waals surface area contributed by atoms with Crippen molar-refractivity contribution in [1.29, 1.82) is 0 Å². The maximum Gasteiger partial charge on any atom is 0.311 e. The van der Waals surface area contributed by atoms with E-state index >= 15 is 0 Å². The molecular formula is C20H26N2O4. The van der Waals surface area contributed by atoms with E-state index in [4.69, 9.17) is 0 Å². The van der Waals surface area contributed by atoms with Gasteiger partial charge in [0.05, 0.1) is 11.3 Å². The second-order valence-electron chi connectivity index (χ2n) is 7.79. The van der Waals surface area contributed by atoms with Crippen molar-refractivity contribution in [2.24, 2.45) is 17.3 Å². The van der Waals surface area contributed by atoms with Gasteiger partial charge in [-0.3, -0.25) is 14.4 Å². The van der Waals surface area contributed by atoms with Crippen LogP contribution >= 0.6 is 0 Å². The third kappa shape index (κ3) is 3.32. The summed E-state index contributed by atoms with van der Waals surface area (Å²) in [5, 5.41) is 9.65. The minimum atomic E-state index is -0.873. The fourth-order valence-electron chi connectivity index (χ4n) is 4.07. The van der Waals surface area contributed by atoms with Gasteiger partial charge < -0.3 is 14.9 Å². The molecule has 6 heteroatoms. The smallest absolute Gasteiger partial charge is 0.311 e. The highest BCUT2D eigenvalue weighted by Crippen LogP contribution is 2.39. The van der Waals surface area contributed by atoms with Gasteiger partial charge in [-0.25, -0.2) is 0 Å². The van der Waals surface area contributed by atoms with Crippen LogP contribution in [0.3, 0.4) is 0 Å². The molecule has 0 aliphatic carbocycles. The van der Waals surface area contributed by atoms with E-state index in [2.05, 4.69) is 0 Å². The van der Waals surface area contributed by atoms with E-state index in [1.807, 2.05) is 44.2 Å². The molecule has 140 valence electrons. The summed E-state index contributed by atoms with van der Waals surface area (Å²) in [5.41, 5.74) is 0.168. The summed E-state index contributed by atoms with van der Waals surface area (Å²) in [4.78, 5) is 40.3. The van der Waals surface area contributed by atoms with Crippen molar-refractivity contribution in [3.05, 3.63) is 35.9 Å². The molecule has 2 atom stereocenters. The van der Waals surface area contributed by atoms with Crippen LogP contribution in [0.5, 0.6) is 0 Å². The van der Waals surface area contributed by atoms with Crippen LogP contribution < -0.4 is 0 Å². The summed E-state index contributed by atoms with van der Waals surface area (Å²) in [6, 6.07) is 9.72. The van der Waals surface area contributed by atoms with E-state index < -0.39 is 11.4 Å². The number of amides is 2. The number of carboxylic acid groups (broad SMARTS) is 1. The van der Waals surface area contributed by atoms with E-state index in [9.17, 15) is 19.5 Å². The number of carbonyl (C=O) groups is 3. The van der Waals surface area contributed by atoms with Crippen LogP contribution in [0.15, 0.2) is 30.3 Å². The molecule has 0 bridgehead atoms. The Kier molecular flexibility index (Phi) is 5.03. The largest absolute Gasteiger partial charge is 0.481 e. The molecule has 2 aliphatic heterocycles. The molecule has 0 aromatic heterocycles. The fourth-order valence-corrected chi connectivity index (χ4v) is 4.07. The zero-order chi connectivity index (χ0) is 18.9. The Hall–Kier alpha value is -2.37. The average molecular weight is 358 g/mol. The Labute approximate surface area is 153 Å². The Morgan fingerprint density at radius 3 is 2.54 bits per heavy atom. The van der Waals surface area contributed by atoms with E-state index in [1.54, 1.807) is 9.80 Å². The number of carboxylic acids is 1. The highest BCUT2D eigenvalue weighted by molar-refractivity contribution is 5.90. The molecule has 0 radical (unpaired) electrons. The summed E-state index contributed by atoms with van der Waals surface area (Å²) in [7, 11) is 0. The highest BCUT2D eigenvalue weighted by Gasteiger charge is 2.50. The first-order valence-electron chi connectivity index (χ1n) is 9.17. The van der Waals surface area contributed by atoms with Gasteiger partial charge in [0.1, 0.15) is 0 Å². The zero-order valence-corrected chi connectivity index (χ0v) is 15.4. The van der Waals surface area contributed by atoms with Gasteiger partial charge in [0, 0.05) is 32.6 Å². The molecule has 2 saturated heterocycles. The molecule has 6 nitrogen and oxygen atoms in total. The lowest BCUT2D eigenvalue weighted by molar-refractivity contribution is -0.151. The van der Waals surface area contributed by atoms with Crippen molar-refractivity contribution in [3.63, 3.8) is 0 Å². The zero-order valence-electron chi connectivity index (χ0n) is 15.4. The Bertz CT molecular complexity index is 703. The van der Waals surface area contributed by atoms with Crippen LogP contribution in [-0.2, 0) is 20.9 Å². The Morgan fingerprint density at radius 1 is 1.27 bits per heavy atom. The van der Waals surface area contributed by atoms with Gasteiger partial charge >= 0.3 is 5.97 Å². The standard InChI is InChI=1S/C20H26N2O4/c1-14(2)20(19(25)26)8-9-21(13-20)18(24)16-10-17(23)22(12-16)11-15-6-4-3-5-7-15/h3-7,14,16H,8-13H2,1-2H3,(H,25,26). The van der Waals surface area contributed by atoms with Gasteiger partial charge in [-0.2, -0.15) is 0 Å². The van der Waals surface area contributed by atoms with Gasteiger partial charge in [-0.1, -0.05) is 44.2 Å².